The highest BCUT2D eigenvalue weighted by molar-refractivity contribution is 5.77. The number of aryl methyl sites for hydroxylation is 1. The van der Waals surface area contributed by atoms with E-state index in [4.69, 9.17) is 5.11 Å². The largest absolute Gasteiger partial charge is 0.481 e. The summed E-state index contributed by atoms with van der Waals surface area (Å²) in [5, 5.41) is 16.0. The molecule has 2 unspecified atom stereocenters. The van der Waals surface area contributed by atoms with E-state index in [1.54, 1.807) is 15.8 Å². The highest BCUT2D eigenvalue weighted by atomic mass is 16.4. The van der Waals surface area contributed by atoms with Gasteiger partial charge in [0.05, 0.1) is 12.1 Å². The number of nitrogens with one attached hydrogen (secondary N) is 1. The number of hydrogen-bond donors (Lipinski definition) is 2. The number of amides is 2. The summed E-state index contributed by atoms with van der Waals surface area (Å²) in [5.41, 5.74) is 1.96. The summed E-state index contributed by atoms with van der Waals surface area (Å²) in [4.78, 5) is 24.6. The fourth-order valence-electron chi connectivity index (χ4n) is 2.45. The van der Waals surface area contributed by atoms with Gasteiger partial charge >= 0.3 is 12.0 Å². The number of carboxylic acids is 1. The van der Waals surface area contributed by atoms with E-state index in [-0.39, 0.29) is 18.5 Å². The molecule has 7 nitrogen and oxygen atoms in total. The summed E-state index contributed by atoms with van der Waals surface area (Å²) in [5.74, 6) is -1.32. The van der Waals surface area contributed by atoms with Crippen LogP contribution in [0.3, 0.4) is 0 Å². The van der Waals surface area contributed by atoms with E-state index in [0.29, 0.717) is 13.1 Å². The lowest BCUT2D eigenvalue weighted by molar-refractivity contribution is -0.142. The summed E-state index contributed by atoms with van der Waals surface area (Å²) >= 11 is 0. The summed E-state index contributed by atoms with van der Waals surface area (Å²) in [6.07, 6.45) is 1.72. The molecule has 110 valence electrons. The molecule has 2 amide bonds. The van der Waals surface area contributed by atoms with Gasteiger partial charge in [-0.3, -0.25) is 9.48 Å². The van der Waals surface area contributed by atoms with Crippen molar-refractivity contribution in [2.75, 3.05) is 13.1 Å². The minimum absolute atomic E-state index is 0.0154. The van der Waals surface area contributed by atoms with Crippen molar-refractivity contribution < 1.29 is 14.7 Å². The maximum absolute atomic E-state index is 12.0. The van der Waals surface area contributed by atoms with Crippen molar-refractivity contribution in [3.63, 3.8) is 0 Å². The molecule has 1 aliphatic rings. The molecule has 2 rings (SSSR count). The number of nitrogens with zero attached hydrogens (tertiary/aromatic N) is 3. The van der Waals surface area contributed by atoms with Crippen LogP contribution < -0.4 is 5.32 Å². The predicted octanol–water partition coefficient (Wildman–Crippen LogP) is 0.591. The normalized spacial score (nSPS) is 22.1. The first kappa shape index (κ1) is 14.4. The van der Waals surface area contributed by atoms with E-state index in [2.05, 4.69) is 10.4 Å². The molecule has 2 heterocycles. The standard InChI is InChI=1S/C13H20N4O3/c1-8-6-17(7-11(8)12(18)19)13(20)14-4-10-5-15-16(3)9(10)2/h5,8,11H,4,6-7H2,1-3H3,(H,14,20)(H,18,19). The third-order valence-electron chi connectivity index (χ3n) is 3.98. The van der Waals surface area contributed by atoms with Crippen LogP contribution in [0.1, 0.15) is 18.2 Å². The number of hydrogen-bond acceptors (Lipinski definition) is 3. The fourth-order valence-corrected chi connectivity index (χ4v) is 2.45. The third kappa shape index (κ3) is 2.76. The highest BCUT2D eigenvalue weighted by Crippen LogP contribution is 2.23. The van der Waals surface area contributed by atoms with Gasteiger partial charge in [-0.1, -0.05) is 6.92 Å². The Balaban J connectivity index is 1.90. The van der Waals surface area contributed by atoms with Crippen molar-refractivity contribution in [2.45, 2.75) is 20.4 Å². The number of aromatic nitrogens is 2. The van der Waals surface area contributed by atoms with E-state index >= 15 is 0 Å². The van der Waals surface area contributed by atoms with E-state index in [1.165, 1.54) is 0 Å². The third-order valence-corrected chi connectivity index (χ3v) is 3.98. The van der Waals surface area contributed by atoms with Crippen molar-refractivity contribution in [3.8, 4) is 0 Å². The van der Waals surface area contributed by atoms with Gasteiger partial charge in [-0.2, -0.15) is 5.10 Å². The lowest BCUT2D eigenvalue weighted by atomic mass is 9.99. The van der Waals surface area contributed by atoms with Gasteiger partial charge in [0.25, 0.3) is 0 Å². The topological polar surface area (TPSA) is 87.5 Å². The van der Waals surface area contributed by atoms with Crippen LogP contribution >= 0.6 is 0 Å². The molecule has 0 radical (unpaired) electrons. The van der Waals surface area contributed by atoms with Gasteiger partial charge < -0.3 is 15.3 Å². The molecule has 20 heavy (non-hydrogen) atoms. The lowest BCUT2D eigenvalue weighted by Gasteiger charge is -2.16. The van der Waals surface area contributed by atoms with Gasteiger partial charge in [0.15, 0.2) is 0 Å². The van der Waals surface area contributed by atoms with Gasteiger partial charge in [-0.15, -0.1) is 0 Å². The van der Waals surface area contributed by atoms with Crippen LogP contribution in [-0.2, 0) is 18.4 Å². The zero-order chi connectivity index (χ0) is 14.9. The summed E-state index contributed by atoms with van der Waals surface area (Å²) in [7, 11) is 1.85. The zero-order valence-electron chi connectivity index (χ0n) is 12.0. The van der Waals surface area contributed by atoms with Crippen LogP contribution in [-0.4, -0.2) is 44.9 Å². The average Bonchev–Trinajstić information content (AvgIpc) is 2.92. The Morgan fingerprint density at radius 1 is 1.50 bits per heavy atom. The Hall–Kier alpha value is -2.05. The van der Waals surface area contributed by atoms with Crippen LogP contribution in [0, 0.1) is 18.8 Å². The SMILES string of the molecule is Cc1c(CNC(=O)N2CC(C)C(C(=O)O)C2)cnn1C. The van der Waals surface area contributed by atoms with Gasteiger partial charge in [0, 0.05) is 37.9 Å². The van der Waals surface area contributed by atoms with Crippen molar-refractivity contribution in [1.29, 1.82) is 0 Å². The quantitative estimate of drug-likeness (QED) is 0.848. The molecular formula is C13H20N4O3. The Bertz CT molecular complexity index is 526. The highest BCUT2D eigenvalue weighted by Gasteiger charge is 2.36. The molecule has 1 aromatic heterocycles. The second-order valence-electron chi connectivity index (χ2n) is 5.36. The Labute approximate surface area is 117 Å². The second-order valence-corrected chi connectivity index (χ2v) is 5.36. The molecule has 0 spiro atoms. The molecule has 2 N–H and O–H groups in total. The van der Waals surface area contributed by atoms with Crippen molar-refractivity contribution >= 4 is 12.0 Å². The number of aliphatic carboxylic acids is 1. The first-order valence-electron chi connectivity index (χ1n) is 6.63. The van der Waals surface area contributed by atoms with Gasteiger partial charge in [0.1, 0.15) is 0 Å². The predicted molar refractivity (Wildman–Crippen MR) is 72.0 cm³/mol. The number of likely N-dealkylation sites (tertiary alicyclic amines) is 1. The Kier molecular flexibility index (Phi) is 3.96. The van der Waals surface area contributed by atoms with Crippen molar-refractivity contribution in [3.05, 3.63) is 17.5 Å². The Morgan fingerprint density at radius 2 is 2.20 bits per heavy atom. The maximum atomic E-state index is 12.0. The molecule has 0 aliphatic carbocycles. The molecule has 0 saturated carbocycles. The molecule has 1 saturated heterocycles. The molecule has 1 aliphatic heterocycles. The fraction of sp³-hybridized carbons (Fsp3) is 0.615. The molecular weight excluding hydrogens is 260 g/mol. The summed E-state index contributed by atoms with van der Waals surface area (Å²) in [6, 6.07) is -0.219. The number of carbonyl (C=O) groups is 2. The average molecular weight is 280 g/mol. The number of rotatable bonds is 3. The summed E-state index contributed by atoms with van der Waals surface area (Å²) in [6.45, 7) is 4.95. The van der Waals surface area contributed by atoms with Crippen LogP contribution in [0.25, 0.3) is 0 Å². The van der Waals surface area contributed by atoms with Crippen LogP contribution in [0.5, 0.6) is 0 Å². The minimum atomic E-state index is -0.837. The van der Waals surface area contributed by atoms with Crippen LogP contribution in [0.2, 0.25) is 0 Å². The molecule has 2 atom stereocenters. The van der Waals surface area contributed by atoms with Crippen LogP contribution in [0.4, 0.5) is 4.79 Å². The van der Waals surface area contributed by atoms with E-state index < -0.39 is 11.9 Å². The Morgan fingerprint density at radius 3 is 2.70 bits per heavy atom. The molecule has 1 fully saturated rings. The smallest absolute Gasteiger partial charge is 0.317 e. The minimum Gasteiger partial charge on any atom is -0.481 e. The lowest BCUT2D eigenvalue weighted by Crippen LogP contribution is -2.38. The summed E-state index contributed by atoms with van der Waals surface area (Å²) < 4.78 is 1.75. The number of carboxylic acid groups (broad SMARTS) is 1. The van der Waals surface area contributed by atoms with E-state index in [9.17, 15) is 9.59 Å². The van der Waals surface area contributed by atoms with Crippen molar-refractivity contribution in [2.24, 2.45) is 18.9 Å². The monoisotopic (exact) mass is 280 g/mol. The van der Waals surface area contributed by atoms with Gasteiger partial charge in [-0.05, 0) is 12.8 Å². The zero-order valence-corrected chi connectivity index (χ0v) is 12.0. The van der Waals surface area contributed by atoms with E-state index in [1.807, 2.05) is 20.9 Å². The second kappa shape index (κ2) is 5.52. The number of carbonyl (C=O) groups excluding carboxylic acids is 1. The van der Waals surface area contributed by atoms with Gasteiger partial charge in [0.2, 0.25) is 0 Å². The molecule has 1 aromatic rings. The maximum Gasteiger partial charge on any atom is 0.317 e. The first-order chi connectivity index (χ1) is 9.40. The number of urea groups is 1. The van der Waals surface area contributed by atoms with Gasteiger partial charge in [-0.25, -0.2) is 4.79 Å². The first-order valence-corrected chi connectivity index (χ1v) is 6.63. The molecule has 7 heteroatoms. The van der Waals surface area contributed by atoms with Crippen molar-refractivity contribution in [1.82, 2.24) is 20.0 Å². The van der Waals surface area contributed by atoms with Crippen LogP contribution in [0.15, 0.2) is 6.20 Å². The molecule has 0 aromatic carbocycles. The molecule has 0 bridgehead atoms. The van der Waals surface area contributed by atoms with E-state index in [0.717, 1.165) is 11.3 Å².